The Balaban J connectivity index is 3.23. The van der Waals surface area contributed by atoms with Gasteiger partial charge in [0.2, 0.25) is 5.88 Å². The molecule has 0 aliphatic heterocycles. The molecule has 1 heterocycles. The van der Waals surface area contributed by atoms with Crippen molar-refractivity contribution in [1.29, 1.82) is 0 Å². The van der Waals surface area contributed by atoms with Crippen molar-refractivity contribution in [3.8, 4) is 11.6 Å². The van der Waals surface area contributed by atoms with Gasteiger partial charge in [-0.2, -0.15) is 0 Å². The van der Waals surface area contributed by atoms with Gasteiger partial charge in [-0.3, -0.25) is 0 Å². The monoisotopic (exact) mass is 257 g/mol. The van der Waals surface area contributed by atoms with Crippen molar-refractivity contribution in [1.82, 2.24) is 4.98 Å². The zero-order chi connectivity index (χ0) is 13.2. The minimum atomic E-state index is -5.05. The van der Waals surface area contributed by atoms with Crippen molar-refractivity contribution in [2.24, 2.45) is 0 Å². The van der Waals surface area contributed by atoms with Crippen molar-refractivity contribution in [3.05, 3.63) is 17.3 Å². The zero-order valence-corrected chi connectivity index (χ0v) is 8.81. The van der Waals surface area contributed by atoms with Crippen molar-refractivity contribution < 1.29 is 31.4 Å². The molecule has 0 radical (unpaired) electrons. The predicted molar refractivity (Wildman–Crippen MR) is 47.2 cm³/mol. The summed E-state index contributed by atoms with van der Waals surface area (Å²) in [5, 5.41) is 0. The minimum absolute atomic E-state index is 0.163. The van der Waals surface area contributed by atoms with Crippen LogP contribution in [-0.2, 0) is 0 Å². The summed E-state index contributed by atoms with van der Waals surface area (Å²) in [6.07, 6.45) is -8.24. The molecule has 3 nitrogen and oxygen atoms in total. The predicted octanol–water partition coefficient (Wildman–Crippen LogP) is 3.23. The normalized spacial score (nSPS) is 11.8. The number of aryl methyl sites for hydroxylation is 1. The number of ether oxygens (including phenoxy) is 2. The fourth-order valence-corrected chi connectivity index (χ4v) is 1.15. The number of aromatic nitrogens is 1. The highest BCUT2D eigenvalue weighted by Gasteiger charge is 2.34. The molecule has 0 aliphatic rings. The van der Waals surface area contributed by atoms with Gasteiger partial charge in [0, 0.05) is 5.56 Å². The highest BCUT2D eigenvalue weighted by Crippen LogP contribution is 2.34. The fourth-order valence-electron chi connectivity index (χ4n) is 1.15. The first kappa shape index (κ1) is 13.5. The maximum atomic E-state index is 12.5. The average Bonchev–Trinajstić information content (AvgIpc) is 2.14. The van der Waals surface area contributed by atoms with Gasteiger partial charge in [-0.05, 0) is 13.0 Å². The van der Waals surface area contributed by atoms with E-state index in [1.807, 2.05) is 0 Å². The van der Waals surface area contributed by atoms with E-state index >= 15 is 0 Å². The van der Waals surface area contributed by atoms with Crippen LogP contribution in [0.4, 0.5) is 22.0 Å². The van der Waals surface area contributed by atoms with E-state index < -0.39 is 24.2 Å². The Bertz CT molecular complexity index is 405. The summed E-state index contributed by atoms with van der Waals surface area (Å²) >= 11 is 0. The molecule has 0 amide bonds. The molecule has 1 rings (SSSR count). The number of pyridine rings is 1. The Morgan fingerprint density at radius 3 is 2.29 bits per heavy atom. The van der Waals surface area contributed by atoms with E-state index in [1.54, 1.807) is 0 Å². The molecule has 96 valence electrons. The lowest BCUT2D eigenvalue weighted by molar-refractivity contribution is -0.275. The number of hydrogen-bond donors (Lipinski definition) is 0. The van der Waals surface area contributed by atoms with Gasteiger partial charge in [0.15, 0.2) is 11.4 Å². The molecule has 0 unspecified atom stereocenters. The summed E-state index contributed by atoms with van der Waals surface area (Å²) in [7, 11) is 1.18. The second kappa shape index (κ2) is 4.72. The van der Waals surface area contributed by atoms with E-state index in [9.17, 15) is 22.0 Å². The second-order valence-electron chi connectivity index (χ2n) is 3.05. The van der Waals surface area contributed by atoms with Gasteiger partial charge in [-0.1, -0.05) is 0 Å². The topological polar surface area (TPSA) is 31.4 Å². The van der Waals surface area contributed by atoms with E-state index in [1.165, 1.54) is 14.0 Å². The maximum absolute atomic E-state index is 12.5. The maximum Gasteiger partial charge on any atom is 0.573 e. The van der Waals surface area contributed by atoms with Gasteiger partial charge < -0.3 is 9.47 Å². The molecule has 1 aromatic rings. The molecular weight excluding hydrogens is 249 g/mol. The molecule has 0 saturated heterocycles. The number of rotatable bonds is 3. The highest BCUT2D eigenvalue weighted by molar-refractivity contribution is 5.38. The lowest BCUT2D eigenvalue weighted by Crippen LogP contribution is -2.19. The molecule has 0 fully saturated rings. The Labute approximate surface area is 93.2 Å². The van der Waals surface area contributed by atoms with Crippen LogP contribution in [-0.4, -0.2) is 18.5 Å². The Morgan fingerprint density at radius 2 is 1.88 bits per heavy atom. The van der Waals surface area contributed by atoms with Gasteiger partial charge in [0.1, 0.15) is 0 Å². The van der Waals surface area contributed by atoms with Gasteiger partial charge in [-0.25, -0.2) is 13.8 Å². The van der Waals surface area contributed by atoms with Crippen LogP contribution in [0.1, 0.15) is 17.7 Å². The third-order valence-electron chi connectivity index (χ3n) is 1.79. The van der Waals surface area contributed by atoms with Crippen LogP contribution < -0.4 is 9.47 Å². The summed E-state index contributed by atoms with van der Waals surface area (Å²) in [5.41, 5.74) is -0.944. The van der Waals surface area contributed by atoms with Gasteiger partial charge >= 0.3 is 6.36 Å². The number of hydrogen-bond acceptors (Lipinski definition) is 3. The van der Waals surface area contributed by atoms with Crippen LogP contribution in [0.15, 0.2) is 6.07 Å². The first-order chi connectivity index (χ1) is 7.74. The highest BCUT2D eigenvalue weighted by atomic mass is 19.4. The van der Waals surface area contributed by atoms with Crippen LogP contribution >= 0.6 is 0 Å². The summed E-state index contributed by atoms with van der Waals surface area (Å²) < 4.78 is 69.0. The molecule has 0 aliphatic carbocycles. The van der Waals surface area contributed by atoms with Crippen molar-refractivity contribution in [3.63, 3.8) is 0 Å². The summed E-state index contributed by atoms with van der Waals surface area (Å²) in [6.45, 7) is 1.37. The molecule has 0 bridgehead atoms. The van der Waals surface area contributed by atoms with Crippen LogP contribution in [0.5, 0.6) is 11.6 Å². The van der Waals surface area contributed by atoms with Crippen LogP contribution in [0.2, 0.25) is 0 Å². The minimum Gasteiger partial charge on any atom is -0.481 e. The zero-order valence-electron chi connectivity index (χ0n) is 8.81. The molecule has 0 spiro atoms. The molecule has 8 heteroatoms. The van der Waals surface area contributed by atoms with E-state index in [2.05, 4.69) is 14.5 Å². The summed E-state index contributed by atoms with van der Waals surface area (Å²) in [6, 6.07) is 0.806. The van der Waals surface area contributed by atoms with E-state index in [4.69, 9.17) is 0 Å². The Morgan fingerprint density at radius 1 is 1.29 bits per heavy atom. The molecule has 0 N–H and O–H groups in total. The van der Waals surface area contributed by atoms with Gasteiger partial charge in [0.05, 0.1) is 7.11 Å². The second-order valence-corrected chi connectivity index (χ2v) is 3.05. The lowest BCUT2D eigenvalue weighted by Gasteiger charge is -2.14. The molecule has 0 aromatic carbocycles. The van der Waals surface area contributed by atoms with Crippen LogP contribution in [0, 0.1) is 6.92 Å². The van der Waals surface area contributed by atoms with E-state index in [0.29, 0.717) is 0 Å². The number of methoxy groups -OCH3 is 1. The fraction of sp³-hybridized carbons (Fsp3) is 0.444. The molecule has 0 atom stereocenters. The van der Waals surface area contributed by atoms with E-state index in [-0.39, 0.29) is 11.4 Å². The first-order valence-corrected chi connectivity index (χ1v) is 4.34. The smallest absolute Gasteiger partial charge is 0.481 e. The van der Waals surface area contributed by atoms with Gasteiger partial charge in [0.25, 0.3) is 6.43 Å². The first-order valence-electron chi connectivity index (χ1n) is 4.34. The average molecular weight is 257 g/mol. The third-order valence-corrected chi connectivity index (χ3v) is 1.79. The molecule has 1 aromatic heterocycles. The third kappa shape index (κ3) is 3.43. The SMILES string of the molecule is COc1nc(C(F)F)c(OC(F)(F)F)cc1C. The van der Waals surface area contributed by atoms with Crippen molar-refractivity contribution in [2.45, 2.75) is 19.7 Å². The molecule has 0 saturated carbocycles. The lowest BCUT2D eigenvalue weighted by atomic mass is 10.2. The van der Waals surface area contributed by atoms with Gasteiger partial charge in [-0.15, -0.1) is 13.2 Å². The quantitative estimate of drug-likeness (QED) is 0.779. The Kier molecular flexibility index (Phi) is 3.74. The number of nitrogens with zero attached hydrogens (tertiary/aromatic N) is 1. The van der Waals surface area contributed by atoms with Crippen molar-refractivity contribution in [2.75, 3.05) is 7.11 Å². The summed E-state index contributed by atoms with van der Waals surface area (Å²) in [5.74, 6) is -1.19. The number of alkyl halides is 5. The molecular formula is C9H8F5NO2. The summed E-state index contributed by atoms with van der Waals surface area (Å²) in [4.78, 5) is 3.28. The number of halogens is 5. The van der Waals surface area contributed by atoms with E-state index in [0.717, 1.165) is 6.07 Å². The van der Waals surface area contributed by atoms with Crippen molar-refractivity contribution >= 4 is 0 Å². The largest absolute Gasteiger partial charge is 0.573 e. The Hall–Kier alpha value is -1.60. The van der Waals surface area contributed by atoms with Crippen LogP contribution in [0.3, 0.4) is 0 Å². The molecule has 17 heavy (non-hydrogen) atoms. The standard InChI is InChI=1S/C9H8F5NO2/c1-4-3-5(17-9(12,13)14)6(7(10)11)15-8(4)16-2/h3,7H,1-2H3. The van der Waals surface area contributed by atoms with Crippen LogP contribution in [0.25, 0.3) is 0 Å².